The lowest BCUT2D eigenvalue weighted by atomic mass is 10.0. The average Bonchev–Trinajstić information content (AvgIpc) is 2.71. The third-order valence-corrected chi connectivity index (χ3v) is 4.26. The summed E-state index contributed by atoms with van der Waals surface area (Å²) in [5.74, 6) is 0. The predicted molar refractivity (Wildman–Crippen MR) is 96.2 cm³/mol. The molecule has 20 heteroatoms. The zero-order valence-corrected chi connectivity index (χ0v) is 17.7. The molecule has 0 aliphatic rings. The number of rotatable bonds is 14. The highest BCUT2D eigenvalue weighted by atomic mass is 31.2. The van der Waals surface area contributed by atoms with Crippen LogP contribution in [0.15, 0.2) is 0 Å². The van der Waals surface area contributed by atoms with E-state index in [1.165, 1.54) is 0 Å². The fraction of sp³-hybridized carbons (Fsp3) is 0.833. The average molecular weight is 520 g/mol. The zero-order chi connectivity index (χ0) is 25.9. The normalized spacial score (nSPS) is 19.9. The largest absolute Gasteiger partial charge is 0.469 e. The lowest BCUT2D eigenvalue weighted by Gasteiger charge is -2.23. The van der Waals surface area contributed by atoms with Crippen LogP contribution in [0, 0.1) is 0 Å². The van der Waals surface area contributed by atoms with Gasteiger partial charge < -0.3 is 70.0 Å². The first-order valence-electron chi connectivity index (χ1n) is 8.13. The molecule has 192 valence electrons. The molecule has 0 aliphatic heterocycles. The summed E-state index contributed by atoms with van der Waals surface area (Å²) in [6, 6.07) is 0. The van der Waals surface area contributed by atoms with Crippen LogP contribution in [0.1, 0.15) is 0 Å². The highest BCUT2D eigenvalue weighted by Gasteiger charge is 2.32. The second kappa shape index (κ2) is 15.2. The Bertz CT molecular complexity index is 579. The van der Waals surface area contributed by atoms with Crippen LogP contribution < -0.4 is 0 Å². The number of aliphatic hydroxyl groups excluding tert-OH is 8. The summed E-state index contributed by atoms with van der Waals surface area (Å²) in [4.78, 5) is 53.1. The van der Waals surface area contributed by atoms with Crippen molar-refractivity contribution in [1.82, 2.24) is 0 Å². The van der Waals surface area contributed by atoms with E-state index in [2.05, 4.69) is 9.05 Å². The van der Waals surface area contributed by atoms with E-state index in [9.17, 15) is 18.7 Å². The SMILES string of the molecule is O=C[C@@H](O)[C@@H](O)[C@H](O)[C@H](O)COP(=O)(O)O.O=C[C@@H](O)[C@@H](O)[C@H](O)[C@H](O)COP(=O)(O)O. The molecular weight excluding hydrogens is 494 g/mol. The van der Waals surface area contributed by atoms with Crippen molar-refractivity contribution in [3.05, 3.63) is 0 Å². The first-order chi connectivity index (χ1) is 14.4. The highest BCUT2D eigenvalue weighted by Crippen LogP contribution is 2.36. The van der Waals surface area contributed by atoms with Gasteiger partial charge in [-0.25, -0.2) is 9.13 Å². The number of aldehydes is 2. The monoisotopic (exact) mass is 520 g/mol. The number of carbonyl (C=O) groups is 2. The van der Waals surface area contributed by atoms with Gasteiger partial charge >= 0.3 is 15.6 Å². The summed E-state index contributed by atoms with van der Waals surface area (Å²) in [6.07, 6.45) is -15.6. The van der Waals surface area contributed by atoms with Crippen molar-refractivity contribution in [3.63, 3.8) is 0 Å². The Labute approximate surface area is 179 Å². The summed E-state index contributed by atoms with van der Waals surface area (Å²) in [6.45, 7) is -1.93. The summed E-state index contributed by atoms with van der Waals surface area (Å²) in [7, 11) is -9.61. The van der Waals surface area contributed by atoms with Crippen LogP contribution in [0.3, 0.4) is 0 Å². The van der Waals surface area contributed by atoms with Crippen LogP contribution in [0.4, 0.5) is 0 Å². The molecule has 0 fully saturated rings. The third-order valence-electron chi connectivity index (χ3n) is 3.29. The summed E-state index contributed by atoms with van der Waals surface area (Å²) in [5.41, 5.74) is 0. The first-order valence-corrected chi connectivity index (χ1v) is 11.2. The minimum absolute atomic E-state index is 0.0650. The molecule has 8 atom stereocenters. The van der Waals surface area contributed by atoms with Gasteiger partial charge in [0.15, 0.2) is 12.6 Å². The molecule has 0 radical (unpaired) electrons. The van der Waals surface area contributed by atoms with Gasteiger partial charge in [0.25, 0.3) is 0 Å². The van der Waals surface area contributed by atoms with E-state index in [0.717, 1.165) is 0 Å². The quantitative estimate of drug-likeness (QED) is 0.0747. The van der Waals surface area contributed by atoms with Crippen molar-refractivity contribution in [2.24, 2.45) is 0 Å². The molecule has 0 aromatic carbocycles. The fourth-order valence-electron chi connectivity index (χ4n) is 1.56. The van der Waals surface area contributed by atoms with Gasteiger partial charge in [-0.3, -0.25) is 9.05 Å². The van der Waals surface area contributed by atoms with Crippen LogP contribution in [-0.2, 0) is 27.8 Å². The standard InChI is InChI=1S/2C6H13O9P/c2*7-1-3(8)5(10)6(11)4(9)2-15-16(12,13)14/h2*1,3-6,8-11H,2H2,(H2,12,13,14)/t2*3-,4-,5-,6-/m11/s1. The summed E-state index contributed by atoms with van der Waals surface area (Å²) >= 11 is 0. The van der Waals surface area contributed by atoms with Gasteiger partial charge in [-0.1, -0.05) is 0 Å². The van der Waals surface area contributed by atoms with Gasteiger partial charge in [0.05, 0.1) is 13.2 Å². The van der Waals surface area contributed by atoms with Gasteiger partial charge in [0.1, 0.15) is 48.8 Å². The molecule has 0 bridgehead atoms. The molecule has 0 aromatic rings. The van der Waals surface area contributed by atoms with E-state index in [4.69, 9.17) is 60.4 Å². The van der Waals surface area contributed by atoms with Crippen LogP contribution in [0.25, 0.3) is 0 Å². The van der Waals surface area contributed by atoms with Crippen LogP contribution in [0.5, 0.6) is 0 Å². The maximum atomic E-state index is 10.2. The Hall–Kier alpha value is -0.760. The molecule has 0 rings (SSSR count). The molecule has 12 N–H and O–H groups in total. The number of carbonyl (C=O) groups excluding carboxylic acids is 2. The molecule has 18 nitrogen and oxygen atoms in total. The van der Waals surface area contributed by atoms with Crippen molar-refractivity contribution < 1.29 is 88.2 Å². The van der Waals surface area contributed by atoms with E-state index in [-0.39, 0.29) is 12.6 Å². The summed E-state index contributed by atoms with van der Waals surface area (Å²) in [5, 5.41) is 72.1. The second-order valence-corrected chi connectivity index (χ2v) is 8.40. The van der Waals surface area contributed by atoms with Gasteiger partial charge in [0, 0.05) is 0 Å². The topological polar surface area (TPSA) is 330 Å². The number of phosphoric ester groups is 2. The van der Waals surface area contributed by atoms with Crippen molar-refractivity contribution in [1.29, 1.82) is 0 Å². The van der Waals surface area contributed by atoms with E-state index in [0.29, 0.717) is 0 Å². The molecule has 0 aromatic heterocycles. The maximum Gasteiger partial charge on any atom is 0.469 e. The molecule has 0 aliphatic carbocycles. The smallest absolute Gasteiger partial charge is 0.388 e. The van der Waals surface area contributed by atoms with E-state index in [1.807, 2.05) is 0 Å². The van der Waals surface area contributed by atoms with Crippen molar-refractivity contribution in [2.75, 3.05) is 13.2 Å². The van der Waals surface area contributed by atoms with Gasteiger partial charge in [-0.15, -0.1) is 0 Å². The highest BCUT2D eigenvalue weighted by molar-refractivity contribution is 7.46. The lowest BCUT2D eigenvalue weighted by molar-refractivity contribution is -0.136. The molecule has 0 spiro atoms. The molecule has 0 amide bonds. The predicted octanol–water partition coefficient (Wildman–Crippen LogP) is -6.52. The van der Waals surface area contributed by atoms with Crippen molar-refractivity contribution in [2.45, 2.75) is 48.8 Å². The van der Waals surface area contributed by atoms with Crippen LogP contribution >= 0.6 is 15.6 Å². The molecule has 0 saturated heterocycles. The van der Waals surface area contributed by atoms with Gasteiger partial charge in [-0.2, -0.15) is 0 Å². The van der Waals surface area contributed by atoms with E-state index < -0.39 is 77.7 Å². The Morgan fingerprint density at radius 3 is 1.00 bits per heavy atom. The van der Waals surface area contributed by atoms with E-state index >= 15 is 0 Å². The zero-order valence-electron chi connectivity index (χ0n) is 15.9. The minimum Gasteiger partial charge on any atom is -0.388 e. The van der Waals surface area contributed by atoms with Crippen LogP contribution in [-0.4, -0.2) is 135 Å². The lowest BCUT2D eigenvalue weighted by Crippen LogP contribution is -2.46. The Balaban J connectivity index is 0. The molecule has 0 heterocycles. The third kappa shape index (κ3) is 15.1. The van der Waals surface area contributed by atoms with Gasteiger partial charge in [-0.05, 0) is 0 Å². The van der Waals surface area contributed by atoms with Gasteiger partial charge in [0.2, 0.25) is 0 Å². The Morgan fingerprint density at radius 1 is 0.562 bits per heavy atom. The fourth-order valence-corrected chi connectivity index (χ4v) is 2.26. The van der Waals surface area contributed by atoms with Crippen LogP contribution in [0.2, 0.25) is 0 Å². The minimum atomic E-state index is -4.80. The number of hydrogen-bond acceptors (Lipinski definition) is 14. The Kier molecular flexibility index (Phi) is 15.9. The summed E-state index contributed by atoms with van der Waals surface area (Å²) < 4.78 is 28.2. The maximum absolute atomic E-state index is 10.2. The van der Waals surface area contributed by atoms with E-state index in [1.54, 1.807) is 0 Å². The van der Waals surface area contributed by atoms with Crippen molar-refractivity contribution >= 4 is 28.2 Å². The molecular formula is C12H26O18P2. The van der Waals surface area contributed by atoms with Crippen molar-refractivity contribution in [3.8, 4) is 0 Å². The Morgan fingerprint density at radius 2 is 0.812 bits per heavy atom. The number of phosphoric acid groups is 2. The molecule has 32 heavy (non-hydrogen) atoms. The number of aliphatic hydroxyl groups is 8. The molecule has 0 unspecified atom stereocenters. The first kappa shape index (κ1) is 33.4. The number of hydrogen-bond donors (Lipinski definition) is 12. The molecule has 0 saturated carbocycles. The second-order valence-electron chi connectivity index (χ2n) is 5.92.